The van der Waals surface area contributed by atoms with Gasteiger partial charge >= 0.3 is 5.97 Å². The van der Waals surface area contributed by atoms with Gasteiger partial charge in [0.25, 0.3) is 0 Å². The molecule has 4 heteroatoms. The quantitative estimate of drug-likeness (QED) is 0.791. The van der Waals surface area contributed by atoms with Crippen LogP contribution in [0.4, 0.5) is 0 Å². The summed E-state index contributed by atoms with van der Waals surface area (Å²) in [4.78, 5) is 11.3. The molecule has 0 saturated carbocycles. The summed E-state index contributed by atoms with van der Waals surface area (Å²) in [6.45, 7) is 10.8. The zero-order chi connectivity index (χ0) is 13.2. The van der Waals surface area contributed by atoms with Gasteiger partial charge in [-0.1, -0.05) is 0 Å². The monoisotopic (exact) mass is 232 g/mol. The number of ether oxygens (including phenoxy) is 2. The first kappa shape index (κ1) is 15.4. The van der Waals surface area contributed by atoms with Crippen molar-refractivity contribution in [2.75, 3.05) is 7.11 Å². The van der Waals surface area contributed by atoms with Gasteiger partial charge in [0.05, 0.1) is 11.2 Å². The van der Waals surface area contributed by atoms with Crippen molar-refractivity contribution in [3.63, 3.8) is 0 Å². The average Bonchev–Trinajstić information content (AvgIpc) is 1.99. The molecule has 0 aromatic heterocycles. The van der Waals surface area contributed by atoms with E-state index in [1.54, 1.807) is 14.0 Å². The molecule has 0 bridgehead atoms. The predicted molar refractivity (Wildman–Crippen MR) is 62.6 cm³/mol. The zero-order valence-corrected chi connectivity index (χ0v) is 11.4. The topological polar surface area (TPSA) is 55.8 Å². The fourth-order valence-electron chi connectivity index (χ4n) is 1.72. The highest BCUT2D eigenvalue weighted by Gasteiger charge is 2.42. The van der Waals surface area contributed by atoms with Crippen LogP contribution in [0.25, 0.3) is 0 Å². The van der Waals surface area contributed by atoms with Crippen LogP contribution in [0.15, 0.2) is 0 Å². The van der Waals surface area contributed by atoms with Crippen molar-refractivity contribution >= 4 is 5.97 Å². The Hall–Kier alpha value is -0.610. The molecule has 0 aromatic rings. The molecule has 0 amide bonds. The maximum Gasteiger partial charge on any atom is 0.335 e. The summed E-state index contributed by atoms with van der Waals surface area (Å²) in [6, 6.07) is 0. The maximum absolute atomic E-state index is 11.3. The maximum atomic E-state index is 11.3. The molecule has 4 nitrogen and oxygen atoms in total. The fraction of sp³-hybridized carbons (Fsp3) is 0.917. The first-order valence-corrected chi connectivity index (χ1v) is 5.41. The Labute approximate surface area is 97.9 Å². The van der Waals surface area contributed by atoms with Crippen LogP contribution >= 0.6 is 0 Å². The number of rotatable bonds is 5. The number of carbonyl (C=O) groups is 1. The molecule has 0 fully saturated rings. The van der Waals surface area contributed by atoms with Crippen molar-refractivity contribution in [1.82, 2.24) is 0 Å². The van der Waals surface area contributed by atoms with Gasteiger partial charge in [0, 0.05) is 13.5 Å². The molecule has 16 heavy (non-hydrogen) atoms. The molecule has 0 spiro atoms. The predicted octanol–water partition coefficient (Wildman–Crippen LogP) is 2.46. The van der Waals surface area contributed by atoms with E-state index in [0.29, 0.717) is 6.42 Å². The SMILES string of the molecule is COC(C)(C)CC(C)(OC(C)(C)C)C(=O)O. The fourth-order valence-corrected chi connectivity index (χ4v) is 1.72. The first-order chi connectivity index (χ1) is 6.92. The van der Waals surface area contributed by atoms with Gasteiger partial charge in [-0.25, -0.2) is 4.79 Å². The van der Waals surface area contributed by atoms with Crippen molar-refractivity contribution in [1.29, 1.82) is 0 Å². The van der Waals surface area contributed by atoms with Gasteiger partial charge in [-0.3, -0.25) is 0 Å². The Bertz CT molecular complexity index is 252. The molecule has 96 valence electrons. The van der Waals surface area contributed by atoms with E-state index >= 15 is 0 Å². The highest BCUT2D eigenvalue weighted by Crippen LogP contribution is 2.30. The average molecular weight is 232 g/mol. The smallest absolute Gasteiger partial charge is 0.335 e. The van der Waals surface area contributed by atoms with E-state index in [-0.39, 0.29) is 0 Å². The molecule has 0 radical (unpaired) electrons. The second-order valence-electron chi connectivity index (χ2n) is 5.89. The van der Waals surface area contributed by atoms with Crippen molar-refractivity contribution < 1.29 is 19.4 Å². The molecular formula is C12H24O4. The number of methoxy groups -OCH3 is 1. The molecule has 0 heterocycles. The van der Waals surface area contributed by atoms with Gasteiger partial charge in [0.2, 0.25) is 0 Å². The number of hydrogen-bond acceptors (Lipinski definition) is 3. The molecule has 0 aliphatic heterocycles. The van der Waals surface area contributed by atoms with Gasteiger partial charge in [-0.05, 0) is 41.5 Å². The molecule has 0 aliphatic rings. The van der Waals surface area contributed by atoms with E-state index in [0.717, 1.165) is 0 Å². The summed E-state index contributed by atoms with van der Waals surface area (Å²) in [5, 5.41) is 9.27. The normalized spacial score (nSPS) is 16.9. The summed E-state index contributed by atoms with van der Waals surface area (Å²) in [5.74, 6) is -0.965. The lowest BCUT2D eigenvalue weighted by Crippen LogP contribution is -2.49. The minimum atomic E-state index is -1.24. The van der Waals surface area contributed by atoms with E-state index < -0.39 is 22.8 Å². The van der Waals surface area contributed by atoms with Crippen LogP contribution in [-0.2, 0) is 14.3 Å². The molecule has 0 aliphatic carbocycles. The lowest BCUT2D eigenvalue weighted by atomic mass is 9.89. The molecule has 0 rings (SSSR count). The molecule has 1 N–H and O–H groups in total. The first-order valence-electron chi connectivity index (χ1n) is 5.41. The molecule has 0 aromatic carbocycles. The van der Waals surface area contributed by atoms with Crippen LogP contribution in [0.2, 0.25) is 0 Å². The number of carboxylic acid groups (broad SMARTS) is 1. The van der Waals surface area contributed by atoms with Crippen LogP contribution in [0.1, 0.15) is 48.0 Å². The van der Waals surface area contributed by atoms with Crippen LogP contribution in [-0.4, -0.2) is 35.0 Å². The Morgan fingerprint density at radius 1 is 1.12 bits per heavy atom. The Morgan fingerprint density at radius 2 is 1.56 bits per heavy atom. The van der Waals surface area contributed by atoms with Crippen LogP contribution in [0, 0.1) is 0 Å². The highest BCUT2D eigenvalue weighted by atomic mass is 16.5. The summed E-state index contributed by atoms with van der Waals surface area (Å²) in [6.07, 6.45) is 0.295. The summed E-state index contributed by atoms with van der Waals surface area (Å²) < 4.78 is 10.9. The summed E-state index contributed by atoms with van der Waals surface area (Å²) in [5.41, 5.74) is -2.27. The third kappa shape index (κ3) is 4.94. The van der Waals surface area contributed by atoms with Crippen molar-refractivity contribution in [2.45, 2.75) is 64.8 Å². The van der Waals surface area contributed by atoms with Crippen molar-refractivity contribution in [2.24, 2.45) is 0 Å². The van der Waals surface area contributed by atoms with Gasteiger partial charge < -0.3 is 14.6 Å². The third-order valence-electron chi connectivity index (χ3n) is 2.30. The molecular weight excluding hydrogens is 208 g/mol. The number of carboxylic acids is 1. The third-order valence-corrected chi connectivity index (χ3v) is 2.30. The van der Waals surface area contributed by atoms with E-state index in [1.807, 2.05) is 34.6 Å². The van der Waals surface area contributed by atoms with Gasteiger partial charge in [-0.2, -0.15) is 0 Å². The van der Waals surface area contributed by atoms with Gasteiger partial charge in [0.15, 0.2) is 5.60 Å². The van der Waals surface area contributed by atoms with E-state index in [9.17, 15) is 9.90 Å². The number of hydrogen-bond donors (Lipinski definition) is 1. The minimum absolute atomic E-state index is 0.295. The van der Waals surface area contributed by atoms with E-state index in [2.05, 4.69) is 0 Å². The largest absolute Gasteiger partial charge is 0.479 e. The molecule has 0 saturated heterocycles. The summed E-state index contributed by atoms with van der Waals surface area (Å²) >= 11 is 0. The highest BCUT2D eigenvalue weighted by molar-refractivity contribution is 5.77. The number of aliphatic carboxylic acids is 1. The minimum Gasteiger partial charge on any atom is -0.479 e. The second-order valence-corrected chi connectivity index (χ2v) is 5.89. The Morgan fingerprint density at radius 3 is 1.81 bits per heavy atom. The lowest BCUT2D eigenvalue weighted by Gasteiger charge is -2.38. The second kappa shape index (κ2) is 4.72. The van der Waals surface area contributed by atoms with Crippen molar-refractivity contribution in [3.05, 3.63) is 0 Å². The van der Waals surface area contributed by atoms with Crippen LogP contribution in [0.3, 0.4) is 0 Å². The van der Waals surface area contributed by atoms with E-state index in [4.69, 9.17) is 9.47 Å². The van der Waals surface area contributed by atoms with E-state index in [1.165, 1.54) is 0 Å². The Kier molecular flexibility index (Phi) is 4.54. The van der Waals surface area contributed by atoms with Crippen LogP contribution in [0.5, 0.6) is 0 Å². The van der Waals surface area contributed by atoms with Crippen LogP contribution < -0.4 is 0 Å². The standard InChI is InChI=1S/C12H24O4/c1-10(2,3)16-12(6,9(13)14)8-11(4,5)15-7/h8H2,1-7H3,(H,13,14). The summed E-state index contributed by atoms with van der Waals surface area (Å²) in [7, 11) is 1.57. The van der Waals surface area contributed by atoms with Crippen molar-refractivity contribution in [3.8, 4) is 0 Å². The van der Waals surface area contributed by atoms with Gasteiger partial charge in [0.1, 0.15) is 0 Å². The van der Waals surface area contributed by atoms with Gasteiger partial charge in [-0.15, -0.1) is 0 Å². The Balaban J connectivity index is 4.92. The molecule has 1 atom stereocenters. The molecule has 1 unspecified atom stereocenters. The zero-order valence-electron chi connectivity index (χ0n) is 11.4. The lowest BCUT2D eigenvalue weighted by molar-refractivity contribution is -0.192.